The van der Waals surface area contributed by atoms with Crippen LogP contribution in [0.5, 0.6) is 5.75 Å². The molecule has 0 aromatic heterocycles. The molecule has 0 spiro atoms. The van der Waals surface area contributed by atoms with Crippen molar-refractivity contribution in [2.45, 2.75) is 19.6 Å². The second-order valence-electron chi connectivity index (χ2n) is 7.91. The van der Waals surface area contributed by atoms with Crippen molar-refractivity contribution in [1.82, 2.24) is 5.32 Å². The molecular formula is C29H26N2O3. The molecule has 0 aliphatic rings. The minimum absolute atomic E-state index is 0.170. The van der Waals surface area contributed by atoms with E-state index in [1.807, 2.05) is 73.7 Å². The van der Waals surface area contributed by atoms with Crippen LogP contribution in [0.15, 0.2) is 109 Å². The molecule has 0 radical (unpaired) electrons. The zero-order valence-electron chi connectivity index (χ0n) is 18.9. The zero-order chi connectivity index (χ0) is 23.8. The van der Waals surface area contributed by atoms with Crippen LogP contribution in [-0.4, -0.2) is 11.8 Å². The van der Waals surface area contributed by atoms with Gasteiger partial charge in [0.2, 0.25) is 0 Å². The number of carbonyl (C=O) groups is 2. The Morgan fingerprint density at radius 2 is 1.44 bits per heavy atom. The second-order valence-corrected chi connectivity index (χ2v) is 7.91. The first-order valence-corrected chi connectivity index (χ1v) is 11.1. The first kappa shape index (κ1) is 22.8. The Morgan fingerprint density at radius 3 is 2.21 bits per heavy atom. The molecule has 0 unspecified atom stereocenters. The number of para-hydroxylation sites is 1. The third-order valence-electron chi connectivity index (χ3n) is 5.41. The van der Waals surface area contributed by atoms with E-state index < -0.39 is 0 Å². The lowest BCUT2D eigenvalue weighted by atomic mass is 10.1. The van der Waals surface area contributed by atoms with Crippen LogP contribution in [0.25, 0.3) is 0 Å². The Kier molecular flexibility index (Phi) is 7.35. The van der Waals surface area contributed by atoms with E-state index in [4.69, 9.17) is 4.74 Å². The van der Waals surface area contributed by atoms with Gasteiger partial charge in [0.05, 0.1) is 17.3 Å². The molecule has 4 aromatic rings. The summed E-state index contributed by atoms with van der Waals surface area (Å²) >= 11 is 0. The van der Waals surface area contributed by atoms with Gasteiger partial charge in [0.1, 0.15) is 12.4 Å². The van der Waals surface area contributed by atoms with Crippen molar-refractivity contribution in [2.75, 3.05) is 5.32 Å². The second kappa shape index (κ2) is 11.0. The van der Waals surface area contributed by atoms with E-state index in [0.29, 0.717) is 29.2 Å². The first-order valence-electron chi connectivity index (χ1n) is 11.1. The Morgan fingerprint density at radius 1 is 0.765 bits per heavy atom. The van der Waals surface area contributed by atoms with Crippen molar-refractivity contribution in [2.24, 2.45) is 0 Å². The highest BCUT2D eigenvalue weighted by atomic mass is 16.5. The molecule has 4 rings (SSSR count). The lowest BCUT2D eigenvalue weighted by Gasteiger charge is -2.16. The molecule has 4 aromatic carbocycles. The quantitative estimate of drug-likeness (QED) is 0.345. The number of rotatable bonds is 8. The van der Waals surface area contributed by atoms with Crippen LogP contribution in [0.2, 0.25) is 0 Å². The van der Waals surface area contributed by atoms with Crippen LogP contribution >= 0.6 is 0 Å². The minimum Gasteiger partial charge on any atom is -0.489 e. The monoisotopic (exact) mass is 450 g/mol. The van der Waals surface area contributed by atoms with Crippen LogP contribution in [0.3, 0.4) is 0 Å². The standard InChI is InChI=1S/C29H26N2O3/c1-21(23-13-6-3-7-14-23)30-29(33)26-17-8-9-18-27(26)31-28(32)24-15-10-16-25(19-24)34-20-22-11-4-2-5-12-22/h2-19,21H,20H2,1H3,(H,30,33)(H,31,32)/t21-/m1/s1. The lowest BCUT2D eigenvalue weighted by molar-refractivity contribution is 0.0940. The van der Waals surface area contributed by atoms with Gasteiger partial charge in [-0.05, 0) is 48.4 Å². The van der Waals surface area contributed by atoms with Crippen LogP contribution in [0, 0.1) is 0 Å². The lowest BCUT2D eigenvalue weighted by Crippen LogP contribution is -2.28. The summed E-state index contributed by atoms with van der Waals surface area (Å²) < 4.78 is 5.84. The van der Waals surface area contributed by atoms with Gasteiger partial charge in [0.25, 0.3) is 11.8 Å². The third-order valence-corrected chi connectivity index (χ3v) is 5.41. The maximum absolute atomic E-state index is 13.0. The van der Waals surface area contributed by atoms with Gasteiger partial charge < -0.3 is 15.4 Å². The fraction of sp³-hybridized carbons (Fsp3) is 0.103. The average molecular weight is 451 g/mol. The third kappa shape index (κ3) is 5.90. The van der Waals surface area contributed by atoms with E-state index in [0.717, 1.165) is 11.1 Å². The van der Waals surface area contributed by atoms with Crippen molar-refractivity contribution < 1.29 is 14.3 Å². The van der Waals surface area contributed by atoms with Gasteiger partial charge >= 0.3 is 0 Å². The number of ether oxygens (including phenoxy) is 1. The number of carbonyl (C=O) groups excluding carboxylic acids is 2. The molecule has 0 fully saturated rings. The number of benzene rings is 4. The van der Waals surface area contributed by atoms with E-state index in [2.05, 4.69) is 10.6 Å². The normalized spacial score (nSPS) is 11.3. The van der Waals surface area contributed by atoms with Gasteiger partial charge in [-0.25, -0.2) is 0 Å². The van der Waals surface area contributed by atoms with Crippen LogP contribution in [-0.2, 0) is 6.61 Å². The molecule has 2 N–H and O–H groups in total. The topological polar surface area (TPSA) is 67.4 Å². The van der Waals surface area contributed by atoms with Gasteiger partial charge in [-0.15, -0.1) is 0 Å². The van der Waals surface area contributed by atoms with Crippen LogP contribution in [0.1, 0.15) is 44.8 Å². The number of hydrogen-bond donors (Lipinski definition) is 2. The smallest absolute Gasteiger partial charge is 0.255 e. The Hall–Kier alpha value is -4.38. The first-order chi connectivity index (χ1) is 16.6. The molecule has 0 saturated carbocycles. The average Bonchev–Trinajstić information content (AvgIpc) is 2.89. The fourth-order valence-corrected chi connectivity index (χ4v) is 3.55. The number of hydrogen-bond acceptors (Lipinski definition) is 3. The SMILES string of the molecule is C[C@@H](NC(=O)c1ccccc1NC(=O)c1cccc(OCc2ccccc2)c1)c1ccccc1. The van der Waals surface area contributed by atoms with Crippen molar-refractivity contribution in [3.8, 4) is 5.75 Å². The minimum atomic E-state index is -0.318. The summed E-state index contributed by atoms with van der Waals surface area (Å²) in [5.41, 5.74) is 3.33. The summed E-state index contributed by atoms with van der Waals surface area (Å²) in [6, 6.07) is 33.4. The largest absolute Gasteiger partial charge is 0.489 e. The molecule has 5 nitrogen and oxygen atoms in total. The van der Waals surface area contributed by atoms with Crippen molar-refractivity contribution in [3.63, 3.8) is 0 Å². The molecule has 0 heterocycles. The fourth-order valence-electron chi connectivity index (χ4n) is 3.55. The molecule has 1 atom stereocenters. The summed E-state index contributed by atoms with van der Waals surface area (Å²) in [5.74, 6) is 0.0212. The molecule has 0 aliphatic heterocycles. The Bertz CT molecular complexity index is 1260. The summed E-state index contributed by atoms with van der Waals surface area (Å²) in [6.45, 7) is 2.34. The van der Waals surface area contributed by atoms with E-state index in [1.165, 1.54) is 0 Å². The van der Waals surface area contributed by atoms with Gasteiger partial charge in [-0.3, -0.25) is 9.59 Å². The maximum atomic E-state index is 13.0. The van der Waals surface area contributed by atoms with Crippen LogP contribution in [0.4, 0.5) is 5.69 Å². The number of amides is 2. The van der Waals surface area contributed by atoms with Gasteiger partial charge in [0, 0.05) is 5.56 Å². The van der Waals surface area contributed by atoms with Crippen LogP contribution < -0.4 is 15.4 Å². The summed E-state index contributed by atoms with van der Waals surface area (Å²) in [7, 11) is 0. The molecule has 0 aliphatic carbocycles. The van der Waals surface area contributed by atoms with E-state index >= 15 is 0 Å². The van der Waals surface area contributed by atoms with E-state index in [9.17, 15) is 9.59 Å². The van der Waals surface area contributed by atoms with Crippen molar-refractivity contribution in [3.05, 3.63) is 131 Å². The molecule has 2 amide bonds. The van der Waals surface area contributed by atoms with Crippen molar-refractivity contribution >= 4 is 17.5 Å². The van der Waals surface area contributed by atoms with Gasteiger partial charge in [0.15, 0.2) is 0 Å². The summed E-state index contributed by atoms with van der Waals surface area (Å²) in [6.07, 6.45) is 0. The molecular weight excluding hydrogens is 424 g/mol. The molecule has 170 valence electrons. The zero-order valence-corrected chi connectivity index (χ0v) is 18.9. The maximum Gasteiger partial charge on any atom is 0.255 e. The van der Waals surface area contributed by atoms with E-state index in [1.54, 1.807) is 42.5 Å². The molecule has 0 saturated heterocycles. The van der Waals surface area contributed by atoms with Gasteiger partial charge in [-0.2, -0.15) is 0 Å². The number of anilines is 1. The Labute approximate surface area is 199 Å². The number of nitrogens with one attached hydrogen (secondary N) is 2. The highest BCUT2D eigenvalue weighted by Gasteiger charge is 2.17. The van der Waals surface area contributed by atoms with Crippen molar-refractivity contribution in [1.29, 1.82) is 0 Å². The predicted molar refractivity (Wildman–Crippen MR) is 134 cm³/mol. The molecule has 34 heavy (non-hydrogen) atoms. The summed E-state index contributed by atoms with van der Waals surface area (Å²) in [4.78, 5) is 25.9. The molecule has 5 heteroatoms. The summed E-state index contributed by atoms with van der Waals surface area (Å²) in [5, 5.41) is 5.86. The Balaban J connectivity index is 1.44. The molecule has 0 bridgehead atoms. The predicted octanol–water partition coefficient (Wildman–Crippen LogP) is 6.01. The highest BCUT2D eigenvalue weighted by molar-refractivity contribution is 6.09. The van der Waals surface area contributed by atoms with Gasteiger partial charge in [-0.1, -0.05) is 78.9 Å². The van der Waals surface area contributed by atoms with E-state index in [-0.39, 0.29) is 17.9 Å². The highest BCUT2D eigenvalue weighted by Crippen LogP contribution is 2.20.